The largest absolute Gasteiger partial charge is 0.351 e. The lowest BCUT2D eigenvalue weighted by Gasteiger charge is -2.33. The van der Waals surface area contributed by atoms with Gasteiger partial charge in [0.1, 0.15) is 0 Å². The Hall–Kier alpha value is -2.70. The highest BCUT2D eigenvalue weighted by Crippen LogP contribution is 2.34. The van der Waals surface area contributed by atoms with E-state index in [0.29, 0.717) is 16.4 Å². The number of thiophene rings is 1. The second kappa shape index (κ2) is 10.7. The highest BCUT2D eigenvalue weighted by molar-refractivity contribution is 7.10. The van der Waals surface area contributed by atoms with Gasteiger partial charge in [-0.1, -0.05) is 55.1 Å². The van der Waals surface area contributed by atoms with Crippen LogP contribution in [0.5, 0.6) is 0 Å². The number of halogens is 1. The van der Waals surface area contributed by atoms with Gasteiger partial charge in [-0.05, 0) is 48.6 Å². The number of hydrogen-bond acceptors (Lipinski definition) is 4. The molecule has 0 saturated heterocycles. The van der Waals surface area contributed by atoms with Crippen molar-refractivity contribution in [3.8, 4) is 0 Å². The van der Waals surface area contributed by atoms with Crippen LogP contribution in [0.3, 0.4) is 0 Å². The van der Waals surface area contributed by atoms with Crippen molar-refractivity contribution >= 4 is 40.4 Å². The molecule has 4 rings (SSSR count). The third-order valence-electron chi connectivity index (χ3n) is 5.71. The van der Waals surface area contributed by atoms with Crippen LogP contribution in [0, 0.1) is 0 Å². The highest BCUT2D eigenvalue weighted by atomic mass is 35.5. The molecule has 0 aliphatic heterocycles. The molecule has 1 N–H and O–H groups in total. The first-order chi connectivity index (χ1) is 15.6. The first-order valence-electron chi connectivity index (χ1n) is 10.9. The van der Waals surface area contributed by atoms with E-state index in [4.69, 9.17) is 11.6 Å². The van der Waals surface area contributed by atoms with Gasteiger partial charge in [-0.15, -0.1) is 11.3 Å². The van der Waals surface area contributed by atoms with E-state index in [-0.39, 0.29) is 24.3 Å². The van der Waals surface area contributed by atoms with Crippen LogP contribution >= 0.6 is 22.9 Å². The van der Waals surface area contributed by atoms with E-state index >= 15 is 0 Å². The van der Waals surface area contributed by atoms with E-state index in [0.717, 1.165) is 30.6 Å². The third-order valence-corrected chi connectivity index (χ3v) is 6.91. The molecule has 1 aromatic carbocycles. The van der Waals surface area contributed by atoms with Gasteiger partial charge in [0.25, 0.3) is 0 Å². The Labute approximate surface area is 197 Å². The predicted molar refractivity (Wildman–Crippen MR) is 129 cm³/mol. The SMILES string of the molecule is O=C(NC1CCCCC1)[C@H](c1ccccn1)N(C(=O)Cc1cccs1)c1ccccc1Cl. The maximum absolute atomic E-state index is 13.7. The molecule has 2 aromatic heterocycles. The molecular formula is C25H26ClN3O2S. The van der Waals surface area contributed by atoms with Crippen LogP contribution in [0.2, 0.25) is 5.02 Å². The Morgan fingerprint density at radius 3 is 2.53 bits per heavy atom. The summed E-state index contributed by atoms with van der Waals surface area (Å²) >= 11 is 8.05. The summed E-state index contributed by atoms with van der Waals surface area (Å²) in [6.07, 6.45) is 7.13. The summed E-state index contributed by atoms with van der Waals surface area (Å²) in [6.45, 7) is 0. The van der Waals surface area contributed by atoms with E-state index < -0.39 is 6.04 Å². The van der Waals surface area contributed by atoms with Crippen molar-refractivity contribution in [2.24, 2.45) is 0 Å². The topological polar surface area (TPSA) is 62.3 Å². The molecule has 0 bridgehead atoms. The number of nitrogens with zero attached hydrogens (tertiary/aromatic N) is 2. The number of rotatable bonds is 7. The minimum absolute atomic E-state index is 0.114. The lowest BCUT2D eigenvalue weighted by atomic mass is 9.95. The molecule has 1 aliphatic carbocycles. The first kappa shape index (κ1) is 22.5. The van der Waals surface area contributed by atoms with Gasteiger partial charge in [0.05, 0.1) is 22.8 Å². The predicted octanol–water partition coefficient (Wildman–Crippen LogP) is 5.56. The Morgan fingerprint density at radius 2 is 1.84 bits per heavy atom. The molecule has 0 unspecified atom stereocenters. The summed E-state index contributed by atoms with van der Waals surface area (Å²) in [5.74, 6) is -0.426. The number of carbonyl (C=O) groups is 2. The third kappa shape index (κ3) is 5.37. The number of nitrogens with one attached hydrogen (secondary N) is 1. The fraction of sp³-hybridized carbons (Fsp3) is 0.320. The zero-order valence-corrected chi connectivity index (χ0v) is 19.3. The maximum atomic E-state index is 13.7. The van der Waals surface area contributed by atoms with Crippen LogP contribution in [0.4, 0.5) is 5.69 Å². The number of pyridine rings is 1. The molecule has 1 atom stereocenters. The van der Waals surface area contributed by atoms with E-state index in [2.05, 4.69) is 10.3 Å². The zero-order valence-electron chi connectivity index (χ0n) is 17.7. The average molecular weight is 468 g/mol. The molecule has 166 valence electrons. The quantitative estimate of drug-likeness (QED) is 0.494. The van der Waals surface area contributed by atoms with Crippen molar-refractivity contribution in [1.82, 2.24) is 10.3 Å². The van der Waals surface area contributed by atoms with Crippen molar-refractivity contribution in [2.45, 2.75) is 50.6 Å². The molecular weight excluding hydrogens is 442 g/mol. The van der Waals surface area contributed by atoms with Crippen molar-refractivity contribution < 1.29 is 9.59 Å². The van der Waals surface area contributed by atoms with Crippen molar-refractivity contribution in [3.05, 3.63) is 81.8 Å². The van der Waals surface area contributed by atoms with Gasteiger partial charge in [0.15, 0.2) is 6.04 Å². The molecule has 2 amide bonds. The minimum Gasteiger partial charge on any atom is -0.351 e. The molecule has 1 saturated carbocycles. The standard InChI is InChI=1S/C25H26ClN3O2S/c26-20-12-4-5-14-22(20)29(23(30)17-19-11-8-16-32-19)24(21-13-6-7-15-27-21)25(31)28-18-9-2-1-3-10-18/h4-8,11-16,18,24H,1-3,9-10,17H2,(H,28,31)/t24-/m0/s1. The summed E-state index contributed by atoms with van der Waals surface area (Å²) in [5, 5.41) is 5.54. The molecule has 1 fully saturated rings. The molecule has 7 heteroatoms. The second-order valence-corrected chi connectivity index (χ2v) is 9.41. The summed E-state index contributed by atoms with van der Waals surface area (Å²) < 4.78 is 0. The van der Waals surface area contributed by atoms with Gasteiger partial charge in [-0.2, -0.15) is 0 Å². The molecule has 0 radical (unpaired) electrons. The molecule has 0 spiro atoms. The van der Waals surface area contributed by atoms with Crippen LogP contribution in [0.1, 0.15) is 48.7 Å². The number of hydrogen-bond donors (Lipinski definition) is 1. The maximum Gasteiger partial charge on any atom is 0.249 e. The first-order valence-corrected chi connectivity index (χ1v) is 12.2. The Morgan fingerprint density at radius 1 is 1.06 bits per heavy atom. The number of carbonyl (C=O) groups excluding carboxylic acids is 2. The monoisotopic (exact) mass is 467 g/mol. The summed E-state index contributed by atoms with van der Waals surface area (Å²) in [5.41, 5.74) is 1.02. The van der Waals surface area contributed by atoms with Crippen molar-refractivity contribution in [3.63, 3.8) is 0 Å². The van der Waals surface area contributed by atoms with Crippen LogP contribution in [0.15, 0.2) is 66.2 Å². The van der Waals surface area contributed by atoms with Crippen LogP contribution in [-0.2, 0) is 16.0 Å². The number of amides is 2. The van der Waals surface area contributed by atoms with E-state index in [1.807, 2.05) is 35.7 Å². The van der Waals surface area contributed by atoms with Crippen LogP contribution < -0.4 is 10.2 Å². The average Bonchev–Trinajstić information content (AvgIpc) is 3.32. The fourth-order valence-corrected chi connectivity index (χ4v) is 5.08. The van der Waals surface area contributed by atoms with E-state index in [1.165, 1.54) is 22.7 Å². The van der Waals surface area contributed by atoms with Gasteiger partial charge in [0.2, 0.25) is 11.8 Å². The Bertz CT molecular complexity index is 1040. The second-order valence-electron chi connectivity index (χ2n) is 7.97. The van der Waals surface area contributed by atoms with E-state index in [1.54, 1.807) is 30.5 Å². The summed E-state index contributed by atoms with van der Waals surface area (Å²) in [7, 11) is 0. The van der Waals surface area contributed by atoms with Crippen LogP contribution in [0.25, 0.3) is 0 Å². The fourth-order valence-electron chi connectivity index (χ4n) is 4.16. The number of anilines is 1. The van der Waals surface area contributed by atoms with E-state index in [9.17, 15) is 9.59 Å². The molecule has 3 aromatic rings. The van der Waals surface area contributed by atoms with Gasteiger partial charge in [-0.3, -0.25) is 19.5 Å². The molecule has 32 heavy (non-hydrogen) atoms. The van der Waals surface area contributed by atoms with Gasteiger partial charge < -0.3 is 5.32 Å². The Balaban J connectivity index is 1.74. The minimum atomic E-state index is -0.912. The highest BCUT2D eigenvalue weighted by Gasteiger charge is 2.35. The lowest BCUT2D eigenvalue weighted by Crippen LogP contribution is -2.48. The number of para-hydroxylation sites is 1. The van der Waals surface area contributed by atoms with Gasteiger partial charge in [0, 0.05) is 17.1 Å². The zero-order chi connectivity index (χ0) is 22.3. The van der Waals surface area contributed by atoms with Crippen molar-refractivity contribution in [2.75, 3.05) is 4.90 Å². The van der Waals surface area contributed by atoms with Gasteiger partial charge in [-0.25, -0.2) is 0 Å². The Kier molecular flexibility index (Phi) is 7.55. The summed E-state index contributed by atoms with van der Waals surface area (Å²) in [4.78, 5) is 34.2. The van der Waals surface area contributed by atoms with Gasteiger partial charge >= 0.3 is 0 Å². The number of benzene rings is 1. The molecule has 2 heterocycles. The lowest BCUT2D eigenvalue weighted by molar-refractivity contribution is -0.127. The summed E-state index contributed by atoms with van der Waals surface area (Å²) in [6, 6.07) is 15.6. The normalized spacial score (nSPS) is 15.2. The van der Waals surface area contributed by atoms with Crippen molar-refractivity contribution in [1.29, 1.82) is 0 Å². The number of aromatic nitrogens is 1. The smallest absolute Gasteiger partial charge is 0.249 e. The molecule has 5 nitrogen and oxygen atoms in total. The van der Waals surface area contributed by atoms with Crippen LogP contribution in [-0.4, -0.2) is 22.8 Å². The molecule has 1 aliphatic rings.